The lowest BCUT2D eigenvalue weighted by molar-refractivity contribution is 0.216. The van der Waals surface area contributed by atoms with Crippen molar-refractivity contribution >= 4 is 10.0 Å². The molecule has 5 heteroatoms. The number of aliphatic hydroxyl groups excluding tert-OH is 1. The fraction of sp³-hybridized carbons (Fsp3) is 1.00. The first kappa shape index (κ1) is 10.9. The van der Waals surface area contributed by atoms with Crippen LogP contribution in [-0.4, -0.2) is 32.4 Å². The topological polar surface area (TPSA) is 66.4 Å². The van der Waals surface area contributed by atoms with E-state index in [1.807, 2.05) is 0 Å². The van der Waals surface area contributed by atoms with E-state index in [1.165, 1.54) is 0 Å². The highest BCUT2D eigenvalue weighted by Crippen LogP contribution is 2.01. The van der Waals surface area contributed by atoms with Gasteiger partial charge < -0.3 is 5.11 Å². The van der Waals surface area contributed by atoms with Crippen molar-refractivity contribution in [1.82, 2.24) is 4.72 Å². The fourth-order valence-electron chi connectivity index (χ4n) is 0.612. The summed E-state index contributed by atoms with van der Waals surface area (Å²) >= 11 is 0. The van der Waals surface area contributed by atoms with E-state index in [0.717, 1.165) is 6.26 Å². The van der Waals surface area contributed by atoms with E-state index in [-0.39, 0.29) is 18.6 Å². The van der Waals surface area contributed by atoms with Gasteiger partial charge in [0.15, 0.2) is 0 Å². The van der Waals surface area contributed by atoms with Crippen LogP contribution in [0.2, 0.25) is 0 Å². The first-order valence-corrected chi connectivity index (χ1v) is 5.34. The molecule has 0 radical (unpaired) electrons. The minimum absolute atomic E-state index is 0.0102. The average Bonchev–Trinajstić information content (AvgIpc) is 1.82. The lowest BCUT2D eigenvalue weighted by Gasteiger charge is -2.17. The van der Waals surface area contributed by atoms with E-state index >= 15 is 0 Å². The molecule has 0 heterocycles. The van der Waals surface area contributed by atoms with Crippen LogP contribution in [0.4, 0.5) is 0 Å². The van der Waals surface area contributed by atoms with Crippen molar-refractivity contribution in [2.24, 2.45) is 5.92 Å². The van der Waals surface area contributed by atoms with Crippen molar-refractivity contribution in [2.45, 2.75) is 19.9 Å². The van der Waals surface area contributed by atoms with E-state index in [0.29, 0.717) is 0 Å². The van der Waals surface area contributed by atoms with Gasteiger partial charge in [-0.2, -0.15) is 0 Å². The predicted octanol–water partition coefficient (Wildman–Crippen LogP) is -0.448. The highest BCUT2D eigenvalue weighted by atomic mass is 32.2. The molecule has 0 aromatic rings. The maximum atomic E-state index is 10.7. The summed E-state index contributed by atoms with van der Waals surface area (Å²) in [6.07, 6.45) is 1.10. The summed E-state index contributed by atoms with van der Waals surface area (Å²) in [5.41, 5.74) is 0. The molecule has 0 fully saturated rings. The Hall–Kier alpha value is -0.130. The van der Waals surface area contributed by atoms with Gasteiger partial charge in [-0.1, -0.05) is 6.92 Å². The SMILES string of the molecule is CC(CO)C(C)NS(C)(=O)=O. The summed E-state index contributed by atoms with van der Waals surface area (Å²) in [6, 6.07) is -0.213. The van der Waals surface area contributed by atoms with E-state index in [2.05, 4.69) is 4.72 Å². The van der Waals surface area contributed by atoms with Crippen molar-refractivity contribution in [3.63, 3.8) is 0 Å². The van der Waals surface area contributed by atoms with Gasteiger partial charge in [0.25, 0.3) is 0 Å². The van der Waals surface area contributed by atoms with Crippen LogP contribution in [0.15, 0.2) is 0 Å². The normalized spacial score (nSPS) is 17.8. The zero-order valence-electron chi connectivity index (χ0n) is 7.03. The van der Waals surface area contributed by atoms with Crippen LogP contribution in [0.5, 0.6) is 0 Å². The van der Waals surface area contributed by atoms with Gasteiger partial charge in [-0.05, 0) is 12.8 Å². The summed E-state index contributed by atoms with van der Waals surface area (Å²) in [7, 11) is -3.14. The minimum atomic E-state index is -3.14. The molecule has 0 aliphatic carbocycles. The van der Waals surface area contributed by atoms with Gasteiger partial charge >= 0.3 is 0 Å². The zero-order chi connectivity index (χ0) is 9.07. The van der Waals surface area contributed by atoms with Crippen molar-refractivity contribution < 1.29 is 13.5 Å². The van der Waals surface area contributed by atoms with E-state index < -0.39 is 10.0 Å². The first-order chi connectivity index (χ1) is 4.87. The Balaban J connectivity index is 3.98. The maximum Gasteiger partial charge on any atom is 0.208 e. The van der Waals surface area contributed by atoms with E-state index in [9.17, 15) is 8.42 Å². The third kappa shape index (κ3) is 5.17. The van der Waals surface area contributed by atoms with Crippen molar-refractivity contribution in [3.8, 4) is 0 Å². The average molecular weight is 181 g/mol. The molecule has 11 heavy (non-hydrogen) atoms. The first-order valence-electron chi connectivity index (χ1n) is 3.45. The van der Waals surface area contributed by atoms with E-state index in [1.54, 1.807) is 13.8 Å². The molecule has 0 aliphatic rings. The number of nitrogens with one attached hydrogen (secondary N) is 1. The molecule has 68 valence electrons. The quantitative estimate of drug-likeness (QED) is 0.617. The van der Waals surface area contributed by atoms with Crippen molar-refractivity contribution in [1.29, 1.82) is 0 Å². The molecule has 0 aromatic carbocycles. The Morgan fingerprint density at radius 3 is 2.18 bits per heavy atom. The van der Waals surface area contributed by atoms with Crippen LogP contribution in [0.3, 0.4) is 0 Å². The zero-order valence-corrected chi connectivity index (χ0v) is 7.85. The molecule has 0 saturated carbocycles. The third-order valence-electron chi connectivity index (χ3n) is 1.54. The highest BCUT2D eigenvalue weighted by molar-refractivity contribution is 7.88. The molecule has 2 atom stereocenters. The van der Waals surface area contributed by atoms with Gasteiger partial charge in [-0.25, -0.2) is 13.1 Å². The van der Waals surface area contributed by atoms with Gasteiger partial charge in [0.2, 0.25) is 10.0 Å². The Bertz CT molecular complexity index is 200. The van der Waals surface area contributed by atoms with Crippen LogP contribution < -0.4 is 4.72 Å². The second kappa shape index (κ2) is 4.04. The smallest absolute Gasteiger partial charge is 0.208 e. The van der Waals surface area contributed by atoms with Crippen molar-refractivity contribution in [2.75, 3.05) is 12.9 Å². The molecule has 2 unspecified atom stereocenters. The number of rotatable bonds is 4. The predicted molar refractivity (Wildman–Crippen MR) is 43.7 cm³/mol. The monoisotopic (exact) mass is 181 g/mol. The maximum absolute atomic E-state index is 10.7. The second-order valence-electron chi connectivity index (χ2n) is 2.84. The number of hydrogen-bond donors (Lipinski definition) is 2. The summed E-state index contributed by atoms with van der Waals surface area (Å²) in [6.45, 7) is 3.49. The van der Waals surface area contributed by atoms with Crippen LogP contribution in [0, 0.1) is 5.92 Å². The van der Waals surface area contributed by atoms with Gasteiger partial charge in [0, 0.05) is 12.6 Å². The Morgan fingerprint density at radius 1 is 1.45 bits per heavy atom. The van der Waals surface area contributed by atoms with Gasteiger partial charge in [-0.15, -0.1) is 0 Å². The molecule has 0 amide bonds. The van der Waals surface area contributed by atoms with Crippen molar-refractivity contribution in [3.05, 3.63) is 0 Å². The largest absolute Gasteiger partial charge is 0.396 e. The summed E-state index contributed by atoms with van der Waals surface area (Å²) in [5, 5.41) is 8.67. The third-order valence-corrected chi connectivity index (χ3v) is 2.34. The fourth-order valence-corrected chi connectivity index (χ4v) is 1.52. The summed E-state index contributed by atoms with van der Waals surface area (Å²) in [5.74, 6) is -0.0512. The lowest BCUT2D eigenvalue weighted by atomic mass is 10.1. The molecule has 0 saturated heterocycles. The molecular formula is C6H15NO3S. The molecule has 0 aliphatic heterocycles. The Labute approximate surface area is 67.7 Å². The van der Waals surface area contributed by atoms with Crippen LogP contribution in [0.25, 0.3) is 0 Å². The second-order valence-corrected chi connectivity index (χ2v) is 4.62. The lowest BCUT2D eigenvalue weighted by Crippen LogP contribution is -2.37. The minimum Gasteiger partial charge on any atom is -0.396 e. The molecule has 4 nitrogen and oxygen atoms in total. The molecule has 0 rings (SSSR count). The molecular weight excluding hydrogens is 166 g/mol. The van der Waals surface area contributed by atoms with Gasteiger partial charge in [0.1, 0.15) is 0 Å². The molecule has 0 spiro atoms. The molecule has 0 bridgehead atoms. The van der Waals surface area contributed by atoms with Crippen LogP contribution in [0.1, 0.15) is 13.8 Å². The van der Waals surface area contributed by atoms with Gasteiger partial charge in [0.05, 0.1) is 6.26 Å². The number of sulfonamides is 1. The Kier molecular flexibility index (Phi) is 3.99. The summed E-state index contributed by atoms with van der Waals surface area (Å²) in [4.78, 5) is 0. The van der Waals surface area contributed by atoms with Crippen LogP contribution in [-0.2, 0) is 10.0 Å². The van der Waals surface area contributed by atoms with E-state index in [4.69, 9.17) is 5.11 Å². The van der Waals surface area contributed by atoms with Gasteiger partial charge in [-0.3, -0.25) is 0 Å². The Morgan fingerprint density at radius 2 is 1.91 bits per heavy atom. The standard InChI is InChI=1S/C6H15NO3S/c1-5(4-8)6(2)7-11(3,9)10/h5-8H,4H2,1-3H3. The highest BCUT2D eigenvalue weighted by Gasteiger charge is 2.14. The summed E-state index contributed by atoms with van der Waals surface area (Å²) < 4.78 is 23.7. The number of hydrogen-bond acceptors (Lipinski definition) is 3. The molecule has 2 N–H and O–H groups in total. The van der Waals surface area contributed by atoms with Crippen LogP contribution >= 0.6 is 0 Å². The molecule has 0 aromatic heterocycles. The number of aliphatic hydroxyl groups is 1.